The number of carbonyl (C=O) groups excluding carboxylic acids is 2. The van der Waals surface area contributed by atoms with E-state index < -0.39 is 0 Å². The highest BCUT2D eigenvalue weighted by atomic mass is 16.5. The minimum Gasteiger partial charge on any atom is -0.497 e. The Morgan fingerprint density at radius 3 is 2.19 bits per heavy atom. The topological polar surface area (TPSA) is 83.1 Å². The second-order valence-corrected chi connectivity index (χ2v) is 7.95. The molecule has 1 amide bonds. The molecule has 4 rings (SSSR count). The van der Waals surface area contributed by atoms with Crippen LogP contribution in [0.15, 0.2) is 47.7 Å². The molecule has 0 spiro atoms. The van der Waals surface area contributed by atoms with Gasteiger partial charge in [0.25, 0.3) is 0 Å². The minimum atomic E-state index is -0.320. The zero-order valence-corrected chi connectivity index (χ0v) is 18.7. The SMILES string of the molecule is COc1ccc(OC)c([C@@H]2CC(=O)C3=C(C2)NC(=O)C[C@H]3c2ccc(OC)c(OC)c2)c1. The normalized spacial score (nSPS) is 20.4. The fourth-order valence-electron chi connectivity index (χ4n) is 4.69. The largest absolute Gasteiger partial charge is 0.497 e. The summed E-state index contributed by atoms with van der Waals surface area (Å²) in [6.07, 6.45) is 1.09. The van der Waals surface area contributed by atoms with Crippen LogP contribution in [0.2, 0.25) is 0 Å². The van der Waals surface area contributed by atoms with E-state index in [1.54, 1.807) is 34.5 Å². The van der Waals surface area contributed by atoms with Crippen molar-refractivity contribution in [1.82, 2.24) is 5.32 Å². The molecule has 7 nitrogen and oxygen atoms in total. The van der Waals surface area contributed by atoms with Crippen molar-refractivity contribution >= 4 is 11.7 Å². The summed E-state index contributed by atoms with van der Waals surface area (Å²) in [5.74, 6) is 2.06. The van der Waals surface area contributed by atoms with Gasteiger partial charge in [0.15, 0.2) is 17.3 Å². The fourth-order valence-corrected chi connectivity index (χ4v) is 4.69. The highest BCUT2D eigenvalue weighted by molar-refractivity contribution is 6.02. The van der Waals surface area contributed by atoms with Gasteiger partial charge in [-0.1, -0.05) is 6.07 Å². The maximum Gasteiger partial charge on any atom is 0.225 e. The van der Waals surface area contributed by atoms with Crippen LogP contribution in [0, 0.1) is 0 Å². The van der Waals surface area contributed by atoms with Gasteiger partial charge in [-0.15, -0.1) is 0 Å². The van der Waals surface area contributed by atoms with Gasteiger partial charge in [0.1, 0.15) is 11.5 Å². The lowest BCUT2D eigenvalue weighted by molar-refractivity contribution is -0.122. The minimum absolute atomic E-state index is 0.0286. The number of allylic oxidation sites excluding steroid dienone is 2. The first-order chi connectivity index (χ1) is 15.5. The van der Waals surface area contributed by atoms with E-state index in [0.717, 1.165) is 11.1 Å². The predicted octanol–water partition coefficient (Wildman–Crippen LogP) is 3.73. The van der Waals surface area contributed by atoms with Crippen molar-refractivity contribution < 1.29 is 28.5 Å². The van der Waals surface area contributed by atoms with E-state index in [1.165, 1.54) is 0 Å². The molecule has 1 N–H and O–H groups in total. The Kier molecular flexibility index (Phi) is 6.08. The molecule has 0 fully saturated rings. The van der Waals surface area contributed by atoms with Crippen molar-refractivity contribution in [2.45, 2.75) is 31.1 Å². The van der Waals surface area contributed by atoms with Crippen molar-refractivity contribution in [2.75, 3.05) is 28.4 Å². The molecule has 2 aromatic carbocycles. The van der Waals surface area contributed by atoms with Crippen LogP contribution >= 0.6 is 0 Å². The number of carbonyl (C=O) groups is 2. The Labute approximate surface area is 187 Å². The highest BCUT2D eigenvalue weighted by Crippen LogP contribution is 2.46. The Balaban J connectivity index is 1.73. The molecule has 2 aromatic rings. The maximum absolute atomic E-state index is 13.4. The maximum atomic E-state index is 13.4. The molecule has 0 unspecified atom stereocenters. The third-order valence-electron chi connectivity index (χ3n) is 6.22. The van der Waals surface area contributed by atoms with E-state index in [1.807, 2.05) is 30.3 Å². The summed E-state index contributed by atoms with van der Waals surface area (Å²) in [7, 11) is 6.35. The molecule has 7 heteroatoms. The predicted molar refractivity (Wildman–Crippen MR) is 119 cm³/mol. The summed E-state index contributed by atoms with van der Waals surface area (Å²) in [5, 5.41) is 2.96. The first-order valence-electron chi connectivity index (χ1n) is 10.5. The molecule has 1 heterocycles. The van der Waals surface area contributed by atoms with Crippen LogP contribution in [0.4, 0.5) is 0 Å². The van der Waals surface area contributed by atoms with Gasteiger partial charge in [0, 0.05) is 41.5 Å². The smallest absolute Gasteiger partial charge is 0.225 e. The number of hydrogen-bond donors (Lipinski definition) is 1. The molecule has 0 bridgehead atoms. The van der Waals surface area contributed by atoms with E-state index in [9.17, 15) is 9.59 Å². The molecule has 0 radical (unpaired) electrons. The quantitative estimate of drug-likeness (QED) is 0.742. The second-order valence-electron chi connectivity index (χ2n) is 7.95. The van der Waals surface area contributed by atoms with E-state index >= 15 is 0 Å². The van der Waals surface area contributed by atoms with Gasteiger partial charge >= 0.3 is 0 Å². The van der Waals surface area contributed by atoms with E-state index in [0.29, 0.717) is 47.1 Å². The molecule has 0 saturated carbocycles. The van der Waals surface area contributed by atoms with Gasteiger partial charge in [-0.2, -0.15) is 0 Å². The summed E-state index contributed by atoms with van der Waals surface area (Å²) in [6.45, 7) is 0. The Morgan fingerprint density at radius 1 is 0.781 bits per heavy atom. The molecule has 168 valence electrons. The number of hydrogen-bond acceptors (Lipinski definition) is 6. The molecule has 0 saturated heterocycles. The van der Waals surface area contributed by atoms with E-state index in [4.69, 9.17) is 18.9 Å². The van der Waals surface area contributed by atoms with Crippen molar-refractivity contribution in [1.29, 1.82) is 0 Å². The zero-order chi connectivity index (χ0) is 22.8. The molecule has 2 atom stereocenters. The van der Waals surface area contributed by atoms with Crippen LogP contribution < -0.4 is 24.3 Å². The first-order valence-corrected chi connectivity index (χ1v) is 10.5. The summed E-state index contributed by atoms with van der Waals surface area (Å²) >= 11 is 0. The monoisotopic (exact) mass is 437 g/mol. The Bertz CT molecular complexity index is 1090. The lowest BCUT2D eigenvalue weighted by Gasteiger charge is -2.35. The number of Topliss-reactive ketones (excluding diaryl/α,β-unsaturated/α-hetero) is 1. The van der Waals surface area contributed by atoms with Gasteiger partial charge in [-0.25, -0.2) is 0 Å². The van der Waals surface area contributed by atoms with Gasteiger partial charge in [-0.3, -0.25) is 9.59 Å². The molecule has 0 aromatic heterocycles. The number of methoxy groups -OCH3 is 4. The van der Waals surface area contributed by atoms with E-state index in [2.05, 4.69) is 5.32 Å². The first kappa shape index (κ1) is 21.7. The number of ketones is 1. The molecular formula is C25H27NO6. The van der Waals surface area contributed by atoms with Crippen LogP contribution in [0.3, 0.4) is 0 Å². The van der Waals surface area contributed by atoms with Gasteiger partial charge in [0.05, 0.1) is 28.4 Å². The number of benzene rings is 2. The highest BCUT2D eigenvalue weighted by Gasteiger charge is 2.39. The van der Waals surface area contributed by atoms with Crippen LogP contribution in [0.1, 0.15) is 42.2 Å². The number of ether oxygens (including phenoxy) is 4. The summed E-state index contributed by atoms with van der Waals surface area (Å²) in [4.78, 5) is 26.0. The average Bonchev–Trinajstić information content (AvgIpc) is 2.82. The zero-order valence-electron chi connectivity index (χ0n) is 18.7. The number of rotatable bonds is 6. The second kappa shape index (κ2) is 8.94. The third-order valence-corrected chi connectivity index (χ3v) is 6.22. The molecule has 1 aliphatic carbocycles. The Hall–Kier alpha value is -3.48. The van der Waals surface area contributed by atoms with Crippen molar-refractivity contribution in [3.63, 3.8) is 0 Å². The summed E-state index contributed by atoms with van der Waals surface area (Å²) in [5.41, 5.74) is 3.12. The molecule has 2 aliphatic rings. The van der Waals surface area contributed by atoms with Crippen molar-refractivity contribution in [3.05, 3.63) is 58.8 Å². The average molecular weight is 437 g/mol. The molecule has 1 aliphatic heterocycles. The van der Waals surface area contributed by atoms with Gasteiger partial charge in [-0.05, 0) is 42.3 Å². The lowest BCUT2D eigenvalue weighted by Crippen LogP contribution is -2.38. The molecule has 32 heavy (non-hydrogen) atoms. The summed E-state index contributed by atoms with van der Waals surface area (Å²) in [6, 6.07) is 11.1. The summed E-state index contributed by atoms with van der Waals surface area (Å²) < 4.78 is 21.7. The fraction of sp³-hybridized carbons (Fsp3) is 0.360. The number of amides is 1. The van der Waals surface area contributed by atoms with Crippen LogP contribution in [-0.4, -0.2) is 40.1 Å². The molecular weight excluding hydrogens is 410 g/mol. The Morgan fingerprint density at radius 2 is 1.50 bits per heavy atom. The standard InChI is InChI=1S/C25H27NO6/c1-29-16-6-8-21(30-2)17(12-16)15-9-19-25(20(27)10-15)18(13-24(28)26-19)14-5-7-22(31-3)23(11-14)32-4/h5-8,11-12,15,18H,9-10,13H2,1-4H3,(H,26,28)/t15-,18-/m0/s1. The lowest BCUT2D eigenvalue weighted by atomic mass is 9.73. The van der Waals surface area contributed by atoms with Gasteiger partial charge in [0.2, 0.25) is 5.91 Å². The number of nitrogens with one attached hydrogen (secondary N) is 1. The van der Waals surface area contributed by atoms with Crippen LogP contribution in [-0.2, 0) is 9.59 Å². The third kappa shape index (κ3) is 3.90. The van der Waals surface area contributed by atoms with Crippen LogP contribution in [0.5, 0.6) is 23.0 Å². The van der Waals surface area contributed by atoms with Gasteiger partial charge < -0.3 is 24.3 Å². The van der Waals surface area contributed by atoms with Crippen molar-refractivity contribution in [3.8, 4) is 23.0 Å². The van der Waals surface area contributed by atoms with E-state index in [-0.39, 0.29) is 29.9 Å². The van der Waals surface area contributed by atoms with Crippen LogP contribution in [0.25, 0.3) is 0 Å². The van der Waals surface area contributed by atoms with Crippen molar-refractivity contribution in [2.24, 2.45) is 0 Å².